The van der Waals surface area contributed by atoms with Crippen molar-refractivity contribution in [1.82, 2.24) is 16.0 Å². The molecule has 0 atom stereocenters. The van der Waals surface area contributed by atoms with Crippen LogP contribution in [0.1, 0.15) is 31.7 Å². The fourth-order valence-electron chi connectivity index (χ4n) is 2.51. The van der Waals surface area contributed by atoms with Gasteiger partial charge in [0.2, 0.25) is 5.91 Å². The summed E-state index contributed by atoms with van der Waals surface area (Å²) >= 11 is 0. The average molecular weight is 319 g/mol. The first-order valence-corrected chi connectivity index (χ1v) is 8.14. The van der Waals surface area contributed by atoms with Gasteiger partial charge in [0.1, 0.15) is 6.61 Å². The molecule has 0 spiro atoms. The number of amides is 2. The number of hydrogen-bond acceptors (Lipinski definition) is 4. The van der Waals surface area contributed by atoms with E-state index in [0.717, 1.165) is 18.4 Å². The van der Waals surface area contributed by atoms with E-state index in [-0.39, 0.29) is 24.6 Å². The molecule has 126 valence electrons. The van der Waals surface area contributed by atoms with E-state index >= 15 is 0 Å². The average Bonchev–Trinajstić information content (AvgIpc) is 2.51. The predicted octanol–water partition coefficient (Wildman–Crippen LogP) is 1.56. The number of ether oxygens (including phenoxy) is 1. The molecule has 0 bridgehead atoms. The summed E-state index contributed by atoms with van der Waals surface area (Å²) in [5.41, 5.74) is 0.973. The standard InChI is InChI=1S/C17H25N3O3/c1-2-18-16(21)8-9-19-14-10-15(11-14)20-17(22)23-12-13-6-4-3-5-7-13/h3-7,14-15,19H,2,8-12H2,1H3,(H,18,21)(H,20,22). The van der Waals surface area contributed by atoms with Gasteiger partial charge in [-0.15, -0.1) is 0 Å². The van der Waals surface area contributed by atoms with E-state index in [1.54, 1.807) is 0 Å². The Kier molecular flexibility index (Phi) is 6.87. The zero-order chi connectivity index (χ0) is 16.5. The van der Waals surface area contributed by atoms with E-state index in [1.807, 2.05) is 37.3 Å². The normalized spacial score (nSPS) is 19.5. The summed E-state index contributed by atoms with van der Waals surface area (Å²) in [6.07, 6.45) is 1.85. The van der Waals surface area contributed by atoms with Crippen molar-refractivity contribution in [3.63, 3.8) is 0 Å². The number of carbonyl (C=O) groups excluding carboxylic acids is 2. The molecule has 1 aromatic carbocycles. The Bertz CT molecular complexity index is 501. The summed E-state index contributed by atoms with van der Waals surface area (Å²) in [6.45, 7) is 3.53. The second-order valence-electron chi connectivity index (χ2n) is 5.73. The summed E-state index contributed by atoms with van der Waals surface area (Å²) < 4.78 is 5.19. The van der Waals surface area contributed by atoms with E-state index in [9.17, 15) is 9.59 Å². The first-order chi connectivity index (χ1) is 11.2. The molecule has 0 heterocycles. The molecule has 6 heteroatoms. The molecule has 0 aromatic heterocycles. The van der Waals surface area contributed by atoms with Crippen molar-refractivity contribution in [1.29, 1.82) is 0 Å². The van der Waals surface area contributed by atoms with Crippen molar-refractivity contribution >= 4 is 12.0 Å². The smallest absolute Gasteiger partial charge is 0.407 e. The van der Waals surface area contributed by atoms with Gasteiger partial charge >= 0.3 is 6.09 Å². The Morgan fingerprint density at radius 1 is 1.17 bits per heavy atom. The van der Waals surface area contributed by atoms with Crippen LogP contribution in [0, 0.1) is 0 Å². The van der Waals surface area contributed by atoms with Gasteiger partial charge in [-0.1, -0.05) is 30.3 Å². The molecular weight excluding hydrogens is 294 g/mol. The van der Waals surface area contributed by atoms with E-state index < -0.39 is 0 Å². The van der Waals surface area contributed by atoms with Gasteiger partial charge in [0.05, 0.1) is 0 Å². The molecule has 3 N–H and O–H groups in total. The van der Waals surface area contributed by atoms with Crippen LogP contribution in [-0.4, -0.2) is 37.2 Å². The fraction of sp³-hybridized carbons (Fsp3) is 0.529. The molecule has 23 heavy (non-hydrogen) atoms. The lowest BCUT2D eigenvalue weighted by Crippen LogP contribution is -2.52. The van der Waals surface area contributed by atoms with Gasteiger partial charge in [-0.05, 0) is 25.3 Å². The second kappa shape index (κ2) is 9.15. The van der Waals surface area contributed by atoms with Crippen LogP contribution in [-0.2, 0) is 16.1 Å². The molecule has 0 saturated heterocycles. The Hall–Kier alpha value is -2.08. The highest BCUT2D eigenvalue weighted by Crippen LogP contribution is 2.20. The van der Waals surface area contributed by atoms with E-state index in [0.29, 0.717) is 25.6 Å². The third-order valence-electron chi connectivity index (χ3n) is 3.83. The van der Waals surface area contributed by atoms with Crippen LogP contribution in [0.15, 0.2) is 30.3 Å². The third-order valence-corrected chi connectivity index (χ3v) is 3.83. The van der Waals surface area contributed by atoms with Crippen LogP contribution < -0.4 is 16.0 Å². The van der Waals surface area contributed by atoms with Gasteiger partial charge in [-0.3, -0.25) is 4.79 Å². The first-order valence-electron chi connectivity index (χ1n) is 8.14. The summed E-state index contributed by atoms with van der Waals surface area (Å²) in [5, 5.41) is 8.94. The Balaban J connectivity index is 1.52. The molecule has 1 aliphatic rings. The molecule has 0 unspecified atom stereocenters. The molecule has 1 aromatic rings. The van der Waals surface area contributed by atoms with Gasteiger partial charge < -0.3 is 20.7 Å². The fourth-order valence-corrected chi connectivity index (χ4v) is 2.51. The second-order valence-corrected chi connectivity index (χ2v) is 5.73. The quantitative estimate of drug-likeness (QED) is 0.679. The highest BCUT2D eigenvalue weighted by molar-refractivity contribution is 5.75. The van der Waals surface area contributed by atoms with Gasteiger partial charge in [0, 0.05) is 31.6 Å². The molecule has 1 saturated carbocycles. The maximum absolute atomic E-state index is 11.7. The number of alkyl carbamates (subject to hydrolysis) is 1. The monoisotopic (exact) mass is 319 g/mol. The molecule has 1 aliphatic carbocycles. The van der Waals surface area contributed by atoms with Crippen LogP contribution in [0.4, 0.5) is 4.79 Å². The van der Waals surface area contributed by atoms with E-state index in [2.05, 4.69) is 16.0 Å². The lowest BCUT2D eigenvalue weighted by Gasteiger charge is -2.36. The maximum atomic E-state index is 11.7. The zero-order valence-electron chi connectivity index (χ0n) is 13.5. The third kappa shape index (κ3) is 6.28. The van der Waals surface area contributed by atoms with Gasteiger partial charge in [0.25, 0.3) is 0 Å². The minimum absolute atomic E-state index is 0.0680. The Morgan fingerprint density at radius 2 is 1.91 bits per heavy atom. The van der Waals surface area contributed by atoms with Crippen LogP contribution in [0.5, 0.6) is 0 Å². The highest BCUT2D eigenvalue weighted by Gasteiger charge is 2.30. The predicted molar refractivity (Wildman–Crippen MR) is 87.9 cm³/mol. The van der Waals surface area contributed by atoms with Crippen LogP contribution in [0.3, 0.4) is 0 Å². The van der Waals surface area contributed by atoms with Crippen molar-refractivity contribution in [2.24, 2.45) is 0 Å². The molecule has 1 fully saturated rings. The lowest BCUT2D eigenvalue weighted by atomic mass is 9.87. The molecule has 6 nitrogen and oxygen atoms in total. The Morgan fingerprint density at radius 3 is 2.61 bits per heavy atom. The van der Waals surface area contributed by atoms with Crippen molar-refractivity contribution in [2.45, 2.75) is 44.9 Å². The highest BCUT2D eigenvalue weighted by atomic mass is 16.5. The summed E-state index contributed by atoms with van der Waals surface area (Å²) in [7, 11) is 0. The minimum atomic E-state index is -0.375. The number of hydrogen-bond donors (Lipinski definition) is 3. The van der Waals surface area contributed by atoms with Gasteiger partial charge in [-0.25, -0.2) is 4.79 Å². The number of nitrogens with one attached hydrogen (secondary N) is 3. The van der Waals surface area contributed by atoms with Crippen molar-refractivity contribution < 1.29 is 14.3 Å². The maximum Gasteiger partial charge on any atom is 0.407 e. The van der Waals surface area contributed by atoms with E-state index in [4.69, 9.17) is 4.74 Å². The minimum Gasteiger partial charge on any atom is -0.445 e. The molecule has 0 aliphatic heterocycles. The molecule has 2 amide bonds. The van der Waals surface area contributed by atoms with Crippen molar-refractivity contribution in [3.8, 4) is 0 Å². The summed E-state index contributed by atoms with van der Waals surface area (Å²) in [4.78, 5) is 23.0. The summed E-state index contributed by atoms with van der Waals surface area (Å²) in [6, 6.07) is 10.1. The Labute approximate surface area is 137 Å². The van der Waals surface area contributed by atoms with Crippen LogP contribution >= 0.6 is 0 Å². The lowest BCUT2D eigenvalue weighted by molar-refractivity contribution is -0.120. The first kappa shape index (κ1) is 17.3. The van der Waals surface area contributed by atoms with Gasteiger partial charge in [-0.2, -0.15) is 0 Å². The molecular formula is C17H25N3O3. The van der Waals surface area contributed by atoms with Crippen molar-refractivity contribution in [3.05, 3.63) is 35.9 Å². The topological polar surface area (TPSA) is 79.5 Å². The molecule has 2 rings (SSSR count). The van der Waals surface area contributed by atoms with Crippen LogP contribution in [0.25, 0.3) is 0 Å². The van der Waals surface area contributed by atoms with Gasteiger partial charge in [0.15, 0.2) is 0 Å². The van der Waals surface area contributed by atoms with E-state index in [1.165, 1.54) is 0 Å². The molecule has 0 radical (unpaired) electrons. The summed E-state index contributed by atoms with van der Waals surface area (Å²) in [5.74, 6) is 0.0680. The SMILES string of the molecule is CCNC(=O)CCNC1CC(NC(=O)OCc2ccccc2)C1. The largest absolute Gasteiger partial charge is 0.445 e. The van der Waals surface area contributed by atoms with Crippen molar-refractivity contribution in [2.75, 3.05) is 13.1 Å². The number of rotatable bonds is 8. The number of carbonyl (C=O) groups is 2. The van der Waals surface area contributed by atoms with Crippen LogP contribution in [0.2, 0.25) is 0 Å². The number of benzene rings is 1. The zero-order valence-corrected chi connectivity index (χ0v) is 13.5.